The highest BCUT2D eigenvalue weighted by Crippen LogP contribution is 2.14. The van der Waals surface area contributed by atoms with E-state index in [0.29, 0.717) is 11.8 Å². The van der Waals surface area contributed by atoms with Crippen molar-refractivity contribution in [2.75, 3.05) is 73.0 Å². The highest BCUT2D eigenvalue weighted by atomic mass is 127. The fourth-order valence-corrected chi connectivity index (χ4v) is 3.11. The molecular formula is C19H38IN3O4. The van der Waals surface area contributed by atoms with Gasteiger partial charge in [0.05, 0.1) is 13.2 Å². The first-order chi connectivity index (χ1) is 12.9. The smallest absolute Gasteiger partial charge is 0.190 e. The van der Waals surface area contributed by atoms with Crippen LogP contribution in [0.5, 0.6) is 0 Å². The molecule has 0 saturated carbocycles. The van der Waals surface area contributed by atoms with Crippen molar-refractivity contribution in [1.82, 2.24) is 10.6 Å². The summed E-state index contributed by atoms with van der Waals surface area (Å²) >= 11 is 0. The van der Waals surface area contributed by atoms with Crippen molar-refractivity contribution in [2.45, 2.75) is 32.1 Å². The minimum atomic E-state index is 0. The number of nitrogens with zero attached hydrogens (tertiary/aromatic N) is 1. The van der Waals surface area contributed by atoms with E-state index >= 15 is 0 Å². The first-order valence-corrected chi connectivity index (χ1v) is 10.1. The Balaban J connectivity index is 0.00000364. The molecule has 0 aromatic heterocycles. The van der Waals surface area contributed by atoms with E-state index in [9.17, 15) is 0 Å². The monoisotopic (exact) mass is 499 g/mol. The maximum absolute atomic E-state index is 5.77. The topological polar surface area (TPSA) is 73.3 Å². The molecule has 160 valence electrons. The molecule has 27 heavy (non-hydrogen) atoms. The lowest BCUT2D eigenvalue weighted by atomic mass is 10.0. The summed E-state index contributed by atoms with van der Waals surface area (Å²) in [5, 5.41) is 6.65. The summed E-state index contributed by atoms with van der Waals surface area (Å²) in [6.45, 7) is 8.50. The largest absolute Gasteiger partial charge is 0.381 e. The van der Waals surface area contributed by atoms with E-state index in [4.69, 9.17) is 18.9 Å². The summed E-state index contributed by atoms with van der Waals surface area (Å²) in [5.74, 6) is 2.11. The molecule has 2 fully saturated rings. The molecule has 0 spiro atoms. The van der Waals surface area contributed by atoms with Crippen LogP contribution < -0.4 is 10.6 Å². The Hall–Kier alpha value is -0.160. The van der Waals surface area contributed by atoms with Crippen molar-refractivity contribution in [2.24, 2.45) is 16.8 Å². The molecule has 0 amide bonds. The Morgan fingerprint density at radius 3 is 2.00 bits per heavy atom. The van der Waals surface area contributed by atoms with Crippen molar-refractivity contribution in [3.05, 3.63) is 0 Å². The molecule has 0 radical (unpaired) electrons. The van der Waals surface area contributed by atoms with E-state index in [-0.39, 0.29) is 24.0 Å². The molecule has 2 rings (SSSR count). The van der Waals surface area contributed by atoms with Crippen LogP contribution in [0.4, 0.5) is 0 Å². The molecule has 0 bridgehead atoms. The number of halogens is 1. The molecule has 1 atom stereocenters. The Morgan fingerprint density at radius 2 is 1.44 bits per heavy atom. The number of ether oxygens (including phenoxy) is 4. The number of aliphatic imine (C=N–C) groups is 1. The molecule has 8 heteroatoms. The standard InChI is InChI=1S/C19H37N3O4.HI/c1-20-19(22-8-3-10-25-15-18-6-13-26-16-18)21-7-2-9-24-14-17-4-11-23-12-5-17;/h17-18H,2-16H2,1H3,(H2,20,21,22);1H. The second kappa shape index (κ2) is 16.8. The third kappa shape index (κ3) is 12.1. The zero-order valence-corrected chi connectivity index (χ0v) is 19.1. The van der Waals surface area contributed by atoms with Gasteiger partial charge in [-0.2, -0.15) is 0 Å². The van der Waals surface area contributed by atoms with Crippen molar-refractivity contribution in [3.63, 3.8) is 0 Å². The van der Waals surface area contributed by atoms with E-state index in [1.807, 2.05) is 0 Å². The van der Waals surface area contributed by atoms with Crippen molar-refractivity contribution >= 4 is 29.9 Å². The fourth-order valence-electron chi connectivity index (χ4n) is 3.11. The average Bonchev–Trinajstić information content (AvgIpc) is 3.19. The van der Waals surface area contributed by atoms with Gasteiger partial charge in [0.1, 0.15) is 0 Å². The maximum Gasteiger partial charge on any atom is 0.190 e. The molecule has 0 aromatic carbocycles. The molecule has 0 aliphatic carbocycles. The second-order valence-corrected chi connectivity index (χ2v) is 7.07. The first-order valence-electron chi connectivity index (χ1n) is 10.1. The van der Waals surface area contributed by atoms with Gasteiger partial charge in [0.2, 0.25) is 0 Å². The average molecular weight is 499 g/mol. The summed E-state index contributed by atoms with van der Waals surface area (Å²) in [5.41, 5.74) is 0. The predicted octanol–water partition coefficient (Wildman–Crippen LogP) is 2.05. The van der Waals surface area contributed by atoms with Crippen LogP contribution in [-0.4, -0.2) is 79.0 Å². The van der Waals surface area contributed by atoms with Crippen LogP contribution in [0.15, 0.2) is 4.99 Å². The molecule has 2 aliphatic rings. The van der Waals surface area contributed by atoms with Crippen molar-refractivity contribution < 1.29 is 18.9 Å². The van der Waals surface area contributed by atoms with Gasteiger partial charge in [0, 0.05) is 65.7 Å². The van der Waals surface area contributed by atoms with Gasteiger partial charge in [-0.15, -0.1) is 24.0 Å². The Labute approximate surface area is 181 Å². The molecule has 0 aromatic rings. The Kier molecular flexibility index (Phi) is 15.4. The summed E-state index contributed by atoms with van der Waals surface area (Å²) in [7, 11) is 1.80. The second-order valence-electron chi connectivity index (χ2n) is 7.07. The molecule has 2 aliphatic heterocycles. The first kappa shape index (κ1) is 24.9. The van der Waals surface area contributed by atoms with Crippen LogP contribution in [0.3, 0.4) is 0 Å². The summed E-state index contributed by atoms with van der Waals surface area (Å²) in [6.07, 6.45) is 5.35. The predicted molar refractivity (Wildman–Crippen MR) is 118 cm³/mol. The van der Waals surface area contributed by atoms with Gasteiger partial charge in [-0.1, -0.05) is 0 Å². The lowest BCUT2D eigenvalue weighted by molar-refractivity contribution is 0.0203. The van der Waals surface area contributed by atoms with E-state index in [2.05, 4.69) is 15.6 Å². The maximum atomic E-state index is 5.77. The van der Waals surface area contributed by atoms with Gasteiger partial charge in [0.15, 0.2) is 5.96 Å². The lowest BCUT2D eigenvalue weighted by Gasteiger charge is -2.21. The van der Waals surface area contributed by atoms with Crippen LogP contribution >= 0.6 is 24.0 Å². The third-order valence-corrected chi connectivity index (χ3v) is 4.81. The van der Waals surface area contributed by atoms with Gasteiger partial charge in [-0.3, -0.25) is 4.99 Å². The zero-order chi connectivity index (χ0) is 18.3. The van der Waals surface area contributed by atoms with E-state index in [1.54, 1.807) is 7.05 Å². The third-order valence-electron chi connectivity index (χ3n) is 4.81. The molecule has 7 nitrogen and oxygen atoms in total. The van der Waals surface area contributed by atoms with E-state index in [1.165, 1.54) is 0 Å². The number of hydrogen-bond acceptors (Lipinski definition) is 5. The van der Waals surface area contributed by atoms with Gasteiger partial charge >= 0.3 is 0 Å². The summed E-state index contributed by atoms with van der Waals surface area (Å²) in [4.78, 5) is 4.24. The van der Waals surface area contributed by atoms with Crippen molar-refractivity contribution in [1.29, 1.82) is 0 Å². The van der Waals surface area contributed by atoms with Crippen LogP contribution in [0.1, 0.15) is 32.1 Å². The molecule has 2 N–H and O–H groups in total. The van der Waals surface area contributed by atoms with Gasteiger partial charge in [0.25, 0.3) is 0 Å². The molecule has 2 saturated heterocycles. The van der Waals surface area contributed by atoms with Crippen LogP contribution in [-0.2, 0) is 18.9 Å². The Morgan fingerprint density at radius 1 is 0.889 bits per heavy atom. The summed E-state index contributed by atoms with van der Waals surface area (Å²) < 4.78 is 22.2. The quantitative estimate of drug-likeness (QED) is 0.185. The lowest BCUT2D eigenvalue weighted by Crippen LogP contribution is -2.38. The van der Waals surface area contributed by atoms with Gasteiger partial charge in [-0.25, -0.2) is 0 Å². The zero-order valence-electron chi connectivity index (χ0n) is 16.7. The van der Waals surface area contributed by atoms with Gasteiger partial charge < -0.3 is 29.6 Å². The van der Waals surface area contributed by atoms with Crippen LogP contribution in [0, 0.1) is 11.8 Å². The SMILES string of the molecule is CN=C(NCCCOCC1CCOCC1)NCCCOCC1CCOC1.I. The highest BCUT2D eigenvalue weighted by Gasteiger charge is 2.15. The molecule has 1 unspecified atom stereocenters. The van der Waals surface area contributed by atoms with E-state index < -0.39 is 0 Å². The van der Waals surface area contributed by atoms with Crippen LogP contribution in [0.2, 0.25) is 0 Å². The number of nitrogens with one attached hydrogen (secondary N) is 2. The summed E-state index contributed by atoms with van der Waals surface area (Å²) in [6, 6.07) is 0. The van der Waals surface area contributed by atoms with Crippen molar-refractivity contribution in [3.8, 4) is 0 Å². The molecule has 2 heterocycles. The van der Waals surface area contributed by atoms with E-state index in [0.717, 1.165) is 104 Å². The highest BCUT2D eigenvalue weighted by molar-refractivity contribution is 14.0. The number of rotatable bonds is 12. The number of hydrogen-bond donors (Lipinski definition) is 2. The minimum absolute atomic E-state index is 0. The normalized spacial score (nSPS) is 21.1. The molecular weight excluding hydrogens is 461 g/mol. The fraction of sp³-hybridized carbons (Fsp3) is 0.947. The Bertz CT molecular complexity index is 376. The van der Waals surface area contributed by atoms with Crippen LogP contribution in [0.25, 0.3) is 0 Å². The number of guanidine groups is 1. The minimum Gasteiger partial charge on any atom is -0.381 e. The van der Waals surface area contributed by atoms with Gasteiger partial charge in [-0.05, 0) is 38.0 Å².